The average molecular weight is 272 g/mol. The fourth-order valence-electron chi connectivity index (χ4n) is 2.34. The van der Waals surface area contributed by atoms with Crippen LogP contribution in [0.25, 0.3) is 0 Å². The summed E-state index contributed by atoms with van der Waals surface area (Å²) in [7, 11) is 0. The van der Waals surface area contributed by atoms with Crippen molar-refractivity contribution < 1.29 is 0 Å². The van der Waals surface area contributed by atoms with Crippen LogP contribution in [0, 0.1) is 0 Å². The molecule has 1 rings (SSSR count). The molecule has 0 aromatic carbocycles. The first-order valence-corrected chi connectivity index (χ1v) is 7.54. The Kier molecular flexibility index (Phi) is 7.36. The van der Waals surface area contributed by atoms with E-state index in [1.807, 2.05) is 0 Å². The molecule has 1 N–H and O–H groups in total. The van der Waals surface area contributed by atoms with Crippen LogP contribution in [0.5, 0.6) is 0 Å². The third kappa shape index (κ3) is 4.62. The number of aromatic nitrogens is 2. The van der Waals surface area contributed by atoms with Crippen LogP contribution in [0.1, 0.15) is 52.1 Å². The van der Waals surface area contributed by atoms with Crippen molar-refractivity contribution in [1.29, 1.82) is 0 Å². The molecule has 3 nitrogen and oxygen atoms in total. The van der Waals surface area contributed by atoms with Gasteiger partial charge in [-0.25, -0.2) is 0 Å². The predicted molar refractivity (Wildman–Crippen MR) is 78.2 cm³/mol. The number of hydrogen-bond donors (Lipinski definition) is 1. The van der Waals surface area contributed by atoms with Gasteiger partial charge >= 0.3 is 0 Å². The Bertz CT molecular complexity index is 330. The Morgan fingerprint density at radius 2 is 2.06 bits per heavy atom. The SMILES string of the molecule is CCCC(CCc1c(Cl)cnn1CCC)NCC. The second-order valence-electron chi connectivity index (χ2n) is 4.74. The van der Waals surface area contributed by atoms with Gasteiger partial charge in [0.25, 0.3) is 0 Å². The molecule has 0 saturated heterocycles. The molecule has 0 radical (unpaired) electrons. The molecule has 18 heavy (non-hydrogen) atoms. The average Bonchev–Trinajstić information content (AvgIpc) is 2.69. The van der Waals surface area contributed by atoms with E-state index in [0.29, 0.717) is 6.04 Å². The number of nitrogens with one attached hydrogen (secondary N) is 1. The molecule has 1 aromatic rings. The first-order chi connectivity index (χ1) is 8.72. The van der Waals surface area contributed by atoms with Crippen molar-refractivity contribution in [2.75, 3.05) is 6.54 Å². The predicted octanol–water partition coefficient (Wildman–Crippen LogP) is 3.66. The van der Waals surface area contributed by atoms with E-state index in [4.69, 9.17) is 11.6 Å². The maximum absolute atomic E-state index is 6.21. The molecule has 0 aliphatic rings. The second kappa shape index (κ2) is 8.54. The van der Waals surface area contributed by atoms with Gasteiger partial charge in [-0.3, -0.25) is 4.68 Å². The molecule has 1 heterocycles. The number of aryl methyl sites for hydroxylation is 1. The zero-order chi connectivity index (χ0) is 13.4. The molecule has 1 aromatic heterocycles. The summed E-state index contributed by atoms with van der Waals surface area (Å²) in [5.41, 5.74) is 1.19. The van der Waals surface area contributed by atoms with Gasteiger partial charge in [0, 0.05) is 12.6 Å². The van der Waals surface area contributed by atoms with E-state index in [2.05, 4.69) is 35.9 Å². The molecule has 0 aliphatic heterocycles. The summed E-state index contributed by atoms with van der Waals surface area (Å²) >= 11 is 6.21. The minimum absolute atomic E-state index is 0.598. The molecule has 0 saturated carbocycles. The highest BCUT2D eigenvalue weighted by Crippen LogP contribution is 2.18. The highest BCUT2D eigenvalue weighted by atomic mass is 35.5. The van der Waals surface area contributed by atoms with E-state index < -0.39 is 0 Å². The summed E-state index contributed by atoms with van der Waals surface area (Å²) in [5, 5.41) is 8.70. The van der Waals surface area contributed by atoms with Gasteiger partial charge < -0.3 is 5.32 Å². The largest absolute Gasteiger partial charge is 0.314 e. The number of nitrogens with zero attached hydrogens (tertiary/aromatic N) is 2. The van der Waals surface area contributed by atoms with Crippen molar-refractivity contribution in [2.45, 2.75) is 65.5 Å². The highest BCUT2D eigenvalue weighted by Gasteiger charge is 2.12. The molecule has 0 spiro atoms. The van der Waals surface area contributed by atoms with Gasteiger partial charge in [0.05, 0.1) is 16.9 Å². The van der Waals surface area contributed by atoms with Crippen LogP contribution in [0.15, 0.2) is 6.20 Å². The molecular weight excluding hydrogens is 246 g/mol. The Morgan fingerprint density at radius 1 is 1.28 bits per heavy atom. The monoisotopic (exact) mass is 271 g/mol. The minimum atomic E-state index is 0.598. The van der Waals surface area contributed by atoms with Gasteiger partial charge in [0.1, 0.15) is 0 Å². The summed E-state index contributed by atoms with van der Waals surface area (Å²) < 4.78 is 2.05. The lowest BCUT2D eigenvalue weighted by Gasteiger charge is -2.17. The van der Waals surface area contributed by atoms with Crippen molar-refractivity contribution in [3.05, 3.63) is 16.9 Å². The van der Waals surface area contributed by atoms with Crippen molar-refractivity contribution in [2.24, 2.45) is 0 Å². The lowest BCUT2D eigenvalue weighted by Crippen LogP contribution is -2.29. The van der Waals surface area contributed by atoms with Crippen LogP contribution >= 0.6 is 11.6 Å². The fourth-order valence-corrected chi connectivity index (χ4v) is 2.57. The van der Waals surface area contributed by atoms with Crippen LogP contribution in [0.4, 0.5) is 0 Å². The summed E-state index contributed by atoms with van der Waals surface area (Å²) in [6.45, 7) is 8.56. The molecule has 0 amide bonds. The van der Waals surface area contributed by atoms with Gasteiger partial charge in [0.15, 0.2) is 0 Å². The molecule has 4 heteroatoms. The lowest BCUT2D eigenvalue weighted by molar-refractivity contribution is 0.450. The highest BCUT2D eigenvalue weighted by molar-refractivity contribution is 6.31. The van der Waals surface area contributed by atoms with Gasteiger partial charge in [0.2, 0.25) is 0 Å². The van der Waals surface area contributed by atoms with Crippen LogP contribution < -0.4 is 5.32 Å². The zero-order valence-electron chi connectivity index (χ0n) is 11.9. The standard InChI is InChI=1S/C14H26ClN3/c1-4-7-12(16-6-3)8-9-14-13(15)11-17-18(14)10-5-2/h11-12,16H,4-10H2,1-3H3. The van der Waals surface area contributed by atoms with Crippen LogP contribution in [-0.4, -0.2) is 22.4 Å². The van der Waals surface area contributed by atoms with Crippen molar-refractivity contribution in [1.82, 2.24) is 15.1 Å². The molecule has 0 fully saturated rings. The van der Waals surface area contributed by atoms with Crippen LogP contribution in [0.2, 0.25) is 5.02 Å². The van der Waals surface area contributed by atoms with Crippen molar-refractivity contribution in [3.63, 3.8) is 0 Å². The second-order valence-corrected chi connectivity index (χ2v) is 5.15. The Labute approximate surface area is 116 Å². The van der Waals surface area contributed by atoms with Crippen molar-refractivity contribution >= 4 is 11.6 Å². The van der Waals surface area contributed by atoms with E-state index in [9.17, 15) is 0 Å². The Balaban J connectivity index is 2.57. The smallest absolute Gasteiger partial charge is 0.0817 e. The van der Waals surface area contributed by atoms with Gasteiger partial charge in [-0.15, -0.1) is 0 Å². The Morgan fingerprint density at radius 3 is 2.67 bits per heavy atom. The number of hydrogen-bond acceptors (Lipinski definition) is 2. The van der Waals surface area contributed by atoms with Crippen molar-refractivity contribution in [3.8, 4) is 0 Å². The van der Waals surface area contributed by atoms with E-state index in [-0.39, 0.29) is 0 Å². The Hall–Kier alpha value is -0.540. The lowest BCUT2D eigenvalue weighted by atomic mass is 10.0. The van der Waals surface area contributed by atoms with Gasteiger partial charge in [-0.1, -0.05) is 38.8 Å². The normalized spacial score (nSPS) is 12.9. The topological polar surface area (TPSA) is 29.9 Å². The first kappa shape index (κ1) is 15.5. The number of rotatable bonds is 9. The summed E-state index contributed by atoms with van der Waals surface area (Å²) in [4.78, 5) is 0. The number of halogens is 1. The van der Waals surface area contributed by atoms with Gasteiger partial charge in [-0.2, -0.15) is 5.10 Å². The third-order valence-electron chi connectivity index (χ3n) is 3.19. The molecule has 0 bridgehead atoms. The molecule has 0 aliphatic carbocycles. The molecule has 1 atom stereocenters. The fraction of sp³-hybridized carbons (Fsp3) is 0.786. The minimum Gasteiger partial charge on any atom is -0.314 e. The van der Waals surface area contributed by atoms with E-state index >= 15 is 0 Å². The molecule has 104 valence electrons. The quantitative estimate of drug-likeness (QED) is 0.743. The summed E-state index contributed by atoms with van der Waals surface area (Å²) in [6.07, 6.45) is 7.46. The van der Waals surface area contributed by atoms with Crippen LogP contribution in [-0.2, 0) is 13.0 Å². The van der Waals surface area contributed by atoms with E-state index in [1.165, 1.54) is 18.5 Å². The molecule has 1 unspecified atom stereocenters. The maximum atomic E-state index is 6.21. The van der Waals surface area contributed by atoms with Crippen LogP contribution in [0.3, 0.4) is 0 Å². The van der Waals surface area contributed by atoms with E-state index in [0.717, 1.165) is 37.4 Å². The molecular formula is C14H26ClN3. The zero-order valence-corrected chi connectivity index (χ0v) is 12.6. The summed E-state index contributed by atoms with van der Waals surface area (Å²) in [5.74, 6) is 0. The first-order valence-electron chi connectivity index (χ1n) is 7.16. The maximum Gasteiger partial charge on any atom is 0.0817 e. The van der Waals surface area contributed by atoms with Gasteiger partial charge in [-0.05, 0) is 32.2 Å². The summed E-state index contributed by atoms with van der Waals surface area (Å²) in [6, 6.07) is 0.598. The third-order valence-corrected chi connectivity index (χ3v) is 3.51. The van der Waals surface area contributed by atoms with E-state index in [1.54, 1.807) is 6.20 Å².